The number of rotatable bonds is 3. The van der Waals surface area contributed by atoms with Crippen molar-refractivity contribution in [3.05, 3.63) is 34.3 Å². The SMILES string of the molecule is NCC(c1cccc(Br)c1)N1CCCC(O)C1. The Balaban J connectivity index is 2.15. The molecule has 1 aromatic carbocycles. The maximum absolute atomic E-state index is 9.73. The van der Waals surface area contributed by atoms with Gasteiger partial charge in [-0.2, -0.15) is 0 Å². The van der Waals surface area contributed by atoms with Gasteiger partial charge in [0.2, 0.25) is 0 Å². The van der Waals surface area contributed by atoms with Crippen molar-refractivity contribution in [1.82, 2.24) is 4.90 Å². The summed E-state index contributed by atoms with van der Waals surface area (Å²) in [5.74, 6) is 0. The summed E-state index contributed by atoms with van der Waals surface area (Å²) in [6, 6.07) is 8.47. The van der Waals surface area contributed by atoms with E-state index in [0.29, 0.717) is 6.54 Å². The van der Waals surface area contributed by atoms with E-state index in [1.165, 1.54) is 5.56 Å². The van der Waals surface area contributed by atoms with Crippen molar-refractivity contribution in [3.63, 3.8) is 0 Å². The topological polar surface area (TPSA) is 49.5 Å². The molecular weight excluding hydrogens is 280 g/mol. The van der Waals surface area contributed by atoms with Gasteiger partial charge in [0.15, 0.2) is 0 Å². The molecule has 1 aliphatic rings. The number of aliphatic hydroxyl groups excluding tert-OH is 1. The van der Waals surface area contributed by atoms with Crippen molar-refractivity contribution >= 4 is 15.9 Å². The number of hydrogen-bond donors (Lipinski definition) is 2. The van der Waals surface area contributed by atoms with Gasteiger partial charge in [-0.3, -0.25) is 4.90 Å². The Morgan fingerprint density at radius 1 is 1.53 bits per heavy atom. The van der Waals surface area contributed by atoms with E-state index in [-0.39, 0.29) is 12.1 Å². The first-order valence-corrected chi connectivity index (χ1v) is 6.87. The van der Waals surface area contributed by atoms with Crippen LogP contribution in [0.4, 0.5) is 0 Å². The van der Waals surface area contributed by atoms with Crippen LogP contribution >= 0.6 is 15.9 Å². The van der Waals surface area contributed by atoms with Gasteiger partial charge in [-0.15, -0.1) is 0 Å². The van der Waals surface area contributed by atoms with Crippen molar-refractivity contribution < 1.29 is 5.11 Å². The van der Waals surface area contributed by atoms with Crippen LogP contribution in [0, 0.1) is 0 Å². The highest BCUT2D eigenvalue weighted by Gasteiger charge is 2.24. The van der Waals surface area contributed by atoms with E-state index in [1.54, 1.807) is 0 Å². The zero-order valence-electron chi connectivity index (χ0n) is 9.85. The quantitative estimate of drug-likeness (QED) is 0.896. The molecule has 1 fully saturated rings. The molecule has 1 aromatic rings. The molecule has 0 aliphatic carbocycles. The third-order valence-corrected chi connectivity index (χ3v) is 3.82. The molecule has 0 spiro atoms. The molecule has 3 nitrogen and oxygen atoms in total. The highest BCUT2D eigenvalue weighted by atomic mass is 79.9. The lowest BCUT2D eigenvalue weighted by Crippen LogP contribution is -2.43. The Kier molecular flexibility index (Phi) is 4.56. The molecule has 0 amide bonds. The third-order valence-electron chi connectivity index (χ3n) is 3.33. The number of nitrogens with zero attached hydrogens (tertiary/aromatic N) is 1. The fourth-order valence-corrected chi connectivity index (χ4v) is 2.89. The average molecular weight is 299 g/mol. The zero-order valence-corrected chi connectivity index (χ0v) is 11.4. The Bertz CT molecular complexity index is 372. The van der Waals surface area contributed by atoms with Gasteiger partial charge in [0.25, 0.3) is 0 Å². The van der Waals surface area contributed by atoms with Crippen LogP contribution in [0.3, 0.4) is 0 Å². The molecule has 1 saturated heterocycles. The van der Waals surface area contributed by atoms with Gasteiger partial charge in [0.05, 0.1) is 6.10 Å². The van der Waals surface area contributed by atoms with Crippen molar-refractivity contribution in [2.75, 3.05) is 19.6 Å². The van der Waals surface area contributed by atoms with Gasteiger partial charge in [-0.25, -0.2) is 0 Å². The zero-order chi connectivity index (χ0) is 12.3. The first kappa shape index (κ1) is 13.0. The normalized spacial score (nSPS) is 23.6. The summed E-state index contributed by atoms with van der Waals surface area (Å²) in [4.78, 5) is 2.29. The van der Waals surface area contributed by atoms with E-state index >= 15 is 0 Å². The van der Waals surface area contributed by atoms with E-state index in [9.17, 15) is 5.11 Å². The standard InChI is InChI=1S/C13H19BrN2O/c14-11-4-1-3-10(7-11)13(8-15)16-6-2-5-12(17)9-16/h1,3-4,7,12-13,17H,2,5-6,8-9,15H2. The number of piperidine rings is 1. The minimum absolute atomic E-state index is 0.204. The fraction of sp³-hybridized carbons (Fsp3) is 0.538. The van der Waals surface area contributed by atoms with Gasteiger partial charge in [0, 0.05) is 23.6 Å². The van der Waals surface area contributed by atoms with Crippen LogP contribution in [-0.4, -0.2) is 35.7 Å². The van der Waals surface area contributed by atoms with Crippen molar-refractivity contribution in [3.8, 4) is 0 Å². The molecule has 1 aliphatic heterocycles. The predicted molar refractivity (Wildman–Crippen MR) is 72.8 cm³/mol. The van der Waals surface area contributed by atoms with Crippen LogP contribution in [0.15, 0.2) is 28.7 Å². The van der Waals surface area contributed by atoms with E-state index < -0.39 is 0 Å². The minimum atomic E-state index is -0.204. The number of aliphatic hydroxyl groups is 1. The van der Waals surface area contributed by atoms with Gasteiger partial charge in [0.1, 0.15) is 0 Å². The van der Waals surface area contributed by atoms with Crippen LogP contribution in [-0.2, 0) is 0 Å². The van der Waals surface area contributed by atoms with E-state index in [1.807, 2.05) is 12.1 Å². The van der Waals surface area contributed by atoms with Crippen molar-refractivity contribution in [1.29, 1.82) is 0 Å². The molecule has 0 bridgehead atoms. The Morgan fingerprint density at radius 3 is 3.00 bits per heavy atom. The predicted octanol–water partition coefficient (Wildman–Crippen LogP) is 1.91. The average Bonchev–Trinajstić information content (AvgIpc) is 2.30. The summed E-state index contributed by atoms with van der Waals surface area (Å²) in [6.45, 7) is 2.34. The number of likely N-dealkylation sites (tertiary alicyclic amines) is 1. The van der Waals surface area contributed by atoms with E-state index in [2.05, 4.69) is 33.0 Å². The summed E-state index contributed by atoms with van der Waals surface area (Å²) in [5.41, 5.74) is 7.11. The molecule has 17 heavy (non-hydrogen) atoms. The summed E-state index contributed by atoms with van der Waals surface area (Å²) in [7, 11) is 0. The van der Waals surface area contributed by atoms with Crippen molar-refractivity contribution in [2.24, 2.45) is 5.73 Å². The van der Waals surface area contributed by atoms with Crippen LogP contribution in [0.2, 0.25) is 0 Å². The summed E-state index contributed by atoms with van der Waals surface area (Å²) >= 11 is 3.49. The molecule has 0 aromatic heterocycles. The van der Waals surface area contributed by atoms with Gasteiger partial charge in [-0.05, 0) is 37.1 Å². The molecule has 94 valence electrons. The summed E-state index contributed by atoms with van der Waals surface area (Å²) in [6.07, 6.45) is 1.75. The Morgan fingerprint density at radius 2 is 2.35 bits per heavy atom. The molecule has 2 rings (SSSR count). The smallest absolute Gasteiger partial charge is 0.0667 e. The van der Waals surface area contributed by atoms with Crippen LogP contribution in [0.25, 0.3) is 0 Å². The molecule has 2 unspecified atom stereocenters. The van der Waals surface area contributed by atoms with Crippen LogP contribution in [0.1, 0.15) is 24.4 Å². The summed E-state index contributed by atoms with van der Waals surface area (Å²) in [5, 5.41) is 9.73. The first-order valence-electron chi connectivity index (χ1n) is 6.08. The maximum Gasteiger partial charge on any atom is 0.0667 e. The van der Waals surface area contributed by atoms with Crippen LogP contribution < -0.4 is 5.73 Å². The van der Waals surface area contributed by atoms with Gasteiger partial charge in [-0.1, -0.05) is 28.1 Å². The number of benzene rings is 1. The highest BCUT2D eigenvalue weighted by Crippen LogP contribution is 2.25. The maximum atomic E-state index is 9.73. The monoisotopic (exact) mass is 298 g/mol. The molecule has 1 heterocycles. The second-order valence-electron chi connectivity index (χ2n) is 4.60. The van der Waals surface area contributed by atoms with Crippen LogP contribution in [0.5, 0.6) is 0 Å². The molecule has 4 heteroatoms. The Hall–Kier alpha value is -0.420. The van der Waals surface area contributed by atoms with E-state index in [0.717, 1.165) is 30.4 Å². The lowest BCUT2D eigenvalue weighted by molar-refractivity contribution is 0.0480. The molecule has 0 saturated carbocycles. The lowest BCUT2D eigenvalue weighted by Gasteiger charge is -2.36. The Labute approximate surface area is 111 Å². The first-order chi connectivity index (χ1) is 8.20. The third kappa shape index (κ3) is 3.28. The minimum Gasteiger partial charge on any atom is -0.392 e. The van der Waals surface area contributed by atoms with Gasteiger partial charge < -0.3 is 10.8 Å². The van der Waals surface area contributed by atoms with Crippen molar-refractivity contribution in [2.45, 2.75) is 25.0 Å². The second-order valence-corrected chi connectivity index (χ2v) is 5.51. The molecular formula is C13H19BrN2O. The highest BCUT2D eigenvalue weighted by molar-refractivity contribution is 9.10. The molecule has 0 radical (unpaired) electrons. The number of nitrogens with two attached hydrogens (primary N) is 1. The largest absolute Gasteiger partial charge is 0.392 e. The molecule has 3 N–H and O–H groups in total. The number of halogens is 1. The number of β-amino-alcohol motifs (C(OH)–C–C–N with tert-alkyl or cyclic N) is 1. The van der Waals surface area contributed by atoms with E-state index in [4.69, 9.17) is 5.73 Å². The molecule has 2 atom stereocenters. The lowest BCUT2D eigenvalue weighted by atomic mass is 10.0. The fourth-order valence-electron chi connectivity index (χ4n) is 2.48. The van der Waals surface area contributed by atoms with Gasteiger partial charge >= 0.3 is 0 Å². The summed E-state index contributed by atoms with van der Waals surface area (Å²) < 4.78 is 1.08. The number of hydrogen-bond acceptors (Lipinski definition) is 3. The second kappa shape index (κ2) is 5.96.